The van der Waals surface area contributed by atoms with Crippen LogP contribution in [0.4, 0.5) is 0 Å². The smallest absolute Gasteiger partial charge is 0.000901 e. The van der Waals surface area contributed by atoms with Crippen LogP contribution in [0.5, 0.6) is 0 Å². The largest absolute Gasteiger partial charge is 0.316 e. The Morgan fingerprint density at radius 1 is 1.17 bits per heavy atom. The minimum Gasteiger partial charge on any atom is -0.316 e. The molecule has 1 aliphatic carbocycles. The molecule has 1 aromatic rings. The summed E-state index contributed by atoms with van der Waals surface area (Å²) in [4.78, 5) is 0. The van der Waals surface area contributed by atoms with Gasteiger partial charge in [0.05, 0.1) is 0 Å². The predicted molar refractivity (Wildman–Crippen MR) is 78.9 cm³/mol. The molecule has 0 aliphatic heterocycles. The van der Waals surface area contributed by atoms with Crippen LogP contribution in [0.1, 0.15) is 44.7 Å². The van der Waals surface area contributed by atoms with Crippen LogP contribution >= 0.6 is 0 Å². The quantitative estimate of drug-likeness (QED) is 0.827. The molecule has 18 heavy (non-hydrogen) atoms. The fraction of sp³-hybridized carbons (Fsp3) is 0.647. The first-order valence-electron chi connectivity index (χ1n) is 7.20. The topological polar surface area (TPSA) is 12.0 Å². The molecule has 0 saturated heterocycles. The molecular weight excluding hydrogens is 218 g/mol. The summed E-state index contributed by atoms with van der Waals surface area (Å²) < 4.78 is 0. The first-order chi connectivity index (χ1) is 8.43. The van der Waals surface area contributed by atoms with Crippen molar-refractivity contribution in [1.82, 2.24) is 5.32 Å². The highest BCUT2D eigenvalue weighted by Crippen LogP contribution is 2.63. The van der Waals surface area contributed by atoms with Crippen LogP contribution in [0.15, 0.2) is 24.3 Å². The summed E-state index contributed by atoms with van der Waals surface area (Å²) in [5, 5.41) is 3.61. The molecule has 2 atom stereocenters. The van der Waals surface area contributed by atoms with Crippen LogP contribution in [0.3, 0.4) is 0 Å². The minimum absolute atomic E-state index is 0.458. The molecule has 1 aliphatic rings. The number of rotatable bonds is 5. The Bertz CT molecular complexity index is 389. The summed E-state index contributed by atoms with van der Waals surface area (Å²) in [5.74, 6) is 2.27. The maximum Gasteiger partial charge on any atom is -0.000901 e. The maximum absolute atomic E-state index is 3.61. The highest BCUT2D eigenvalue weighted by molar-refractivity contribution is 5.33. The normalized spacial score (nSPS) is 25.4. The average Bonchev–Trinajstić information content (AvgIpc) is 2.82. The molecule has 1 saturated carbocycles. The van der Waals surface area contributed by atoms with E-state index in [9.17, 15) is 0 Å². The monoisotopic (exact) mass is 245 g/mol. The zero-order valence-corrected chi connectivity index (χ0v) is 12.5. The van der Waals surface area contributed by atoms with Gasteiger partial charge in [-0.2, -0.15) is 0 Å². The van der Waals surface area contributed by atoms with E-state index in [1.807, 2.05) is 0 Å². The molecule has 2 unspecified atom stereocenters. The second-order valence-corrected chi connectivity index (χ2v) is 6.87. The Kier molecular flexibility index (Phi) is 3.82. The lowest BCUT2D eigenvalue weighted by Gasteiger charge is -2.07. The van der Waals surface area contributed by atoms with Gasteiger partial charge in [0.1, 0.15) is 0 Å². The number of aryl methyl sites for hydroxylation is 1. The molecule has 0 radical (unpaired) electrons. The Morgan fingerprint density at radius 3 is 2.33 bits per heavy atom. The standard InChI is InChI=1S/C17H27N/c1-12(2)10-18-11-15-16(17(15,4)5)14-8-6-13(3)7-9-14/h6-9,12,15-16,18H,10-11H2,1-5H3. The van der Waals surface area contributed by atoms with E-state index in [1.165, 1.54) is 11.1 Å². The van der Waals surface area contributed by atoms with Crippen LogP contribution < -0.4 is 5.32 Å². The Morgan fingerprint density at radius 2 is 1.78 bits per heavy atom. The first-order valence-corrected chi connectivity index (χ1v) is 7.20. The zero-order valence-electron chi connectivity index (χ0n) is 12.5. The summed E-state index contributed by atoms with van der Waals surface area (Å²) >= 11 is 0. The lowest BCUT2D eigenvalue weighted by atomic mass is 10.0. The molecule has 100 valence electrons. The lowest BCUT2D eigenvalue weighted by molar-refractivity contribution is 0.487. The van der Waals surface area contributed by atoms with Crippen LogP contribution in [-0.2, 0) is 0 Å². The summed E-state index contributed by atoms with van der Waals surface area (Å²) in [6.07, 6.45) is 0. The van der Waals surface area contributed by atoms with E-state index in [0.717, 1.165) is 30.8 Å². The highest BCUT2D eigenvalue weighted by Gasteiger charge is 2.57. The lowest BCUT2D eigenvalue weighted by Crippen LogP contribution is -2.23. The maximum atomic E-state index is 3.61. The third kappa shape index (κ3) is 2.77. The van der Waals surface area contributed by atoms with Crippen LogP contribution in [0, 0.1) is 24.2 Å². The van der Waals surface area contributed by atoms with Crippen molar-refractivity contribution in [2.45, 2.75) is 40.5 Å². The fourth-order valence-corrected chi connectivity index (χ4v) is 3.09. The van der Waals surface area contributed by atoms with Crippen molar-refractivity contribution < 1.29 is 0 Å². The molecule has 0 spiro atoms. The number of hydrogen-bond donors (Lipinski definition) is 1. The Hall–Kier alpha value is -0.820. The molecule has 1 nitrogen and oxygen atoms in total. The van der Waals surface area contributed by atoms with Crippen LogP contribution in [0.25, 0.3) is 0 Å². The van der Waals surface area contributed by atoms with Gasteiger partial charge < -0.3 is 5.32 Å². The summed E-state index contributed by atoms with van der Waals surface area (Å²) in [6, 6.07) is 9.10. The second-order valence-electron chi connectivity index (χ2n) is 6.87. The molecule has 0 heterocycles. The SMILES string of the molecule is Cc1ccc(C2C(CNCC(C)C)C2(C)C)cc1. The van der Waals surface area contributed by atoms with E-state index >= 15 is 0 Å². The molecule has 1 aromatic carbocycles. The van der Waals surface area contributed by atoms with Crippen molar-refractivity contribution >= 4 is 0 Å². The van der Waals surface area contributed by atoms with Crippen molar-refractivity contribution in [2.75, 3.05) is 13.1 Å². The minimum atomic E-state index is 0.458. The number of hydrogen-bond acceptors (Lipinski definition) is 1. The van der Waals surface area contributed by atoms with Gasteiger partial charge in [-0.1, -0.05) is 57.5 Å². The molecule has 1 N–H and O–H groups in total. The fourth-order valence-electron chi connectivity index (χ4n) is 3.09. The van der Waals surface area contributed by atoms with Gasteiger partial charge in [0.25, 0.3) is 0 Å². The predicted octanol–water partition coefficient (Wildman–Crippen LogP) is 3.98. The van der Waals surface area contributed by atoms with E-state index in [0.29, 0.717) is 5.41 Å². The van der Waals surface area contributed by atoms with Crippen molar-refractivity contribution in [3.63, 3.8) is 0 Å². The van der Waals surface area contributed by atoms with Crippen LogP contribution in [0.2, 0.25) is 0 Å². The van der Waals surface area contributed by atoms with Gasteiger partial charge in [0.2, 0.25) is 0 Å². The van der Waals surface area contributed by atoms with E-state index in [2.05, 4.69) is 64.2 Å². The number of nitrogens with one attached hydrogen (secondary N) is 1. The van der Waals surface area contributed by atoms with Gasteiger partial charge in [-0.05, 0) is 48.7 Å². The molecule has 0 bridgehead atoms. The van der Waals surface area contributed by atoms with Gasteiger partial charge in [-0.3, -0.25) is 0 Å². The van der Waals surface area contributed by atoms with Crippen molar-refractivity contribution in [2.24, 2.45) is 17.3 Å². The van der Waals surface area contributed by atoms with Crippen molar-refractivity contribution in [1.29, 1.82) is 0 Å². The third-order valence-corrected chi connectivity index (χ3v) is 4.40. The van der Waals surface area contributed by atoms with E-state index in [1.54, 1.807) is 0 Å². The van der Waals surface area contributed by atoms with Crippen molar-refractivity contribution in [3.05, 3.63) is 35.4 Å². The molecule has 2 rings (SSSR count). The molecular formula is C17H27N. The highest BCUT2D eigenvalue weighted by atomic mass is 14.9. The summed E-state index contributed by atoms with van der Waals surface area (Å²) in [6.45, 7) is 13.8. The molecule has 0 aromatic heterocycles. The molecule has 1 fully saturated rings. The number of benzene rings is 1. The van der Waals surface area contributed by atoms with E-state index < -0.39 is 0 Å². The third-order valence-electron chi connectivity index (χ3n) is 4.40. The van der Waals surface area contributed by atoms with Gasteiger partial charge in [-0.25, -0.2) is 0 Å². The van der Waals surface area contributed by atoms with E-state index in [-0.39, 0.29) is 0 Å². The first kappa shape index (κ1) is 13.6. The van der Waals surface area contributed by atoms with Gasteiger partial charge in [-0.15, -0.1) is 0 Å². The summed E-state index contributed by atoms with van der Waals surface area (Å²) in [7, 11) is 0. The Labute approximate surface area is 112 Å². The average molecular weight is 245 g/mol. The molecule has 0 amide bonds. The van der Waals surface area contributed by atoms with Crippen LogP contribution in [-0.4, -0.2) is 13.1 Å². The summed E-state index contributed by atoms with van der Waals surface area (Å²) in [5.41, 5.74) is 3.33. The van der Waals surface area contributed by atoms with Gasteiger partial charge >= 0.3 is 0 Å². The van der Waals surface area contributed by atoms with Gasteiger partial charge in [0.15, 0.2) is 0 Å². The van der Waals surface area contributed by atoms with E-state index in [4.69, 9.17) is 0 Å². The van der Waals surface area contributed by atoms with Crippen molar-refractivity contribution in [3.8, 4) is 0 Å². The second kappa shape index (κ2) is 5.05. The molecule has 1 heteroatoms. The van der Waals surface area contributed by atoms with Gasteiger partial charge in [0, 0.05) is 0 Å². The Balaban J connectivity index is 1.95. The zero-order chi connectivity index (χ0) is 13.3.